The molecule has 0 saturated carbocycles. The van der Waals surface area contributed by atoms with E-state index in [1.54, 1.807) is 0 Å². The van der Waals surface area contributed by atoms with Gasteiger partial charge in [-0.25, -0.2) is 9.59 Å². The van der Waals surface area contributed by atoms with Crippen molar-refractivity contribution in [2.75, 3.05) is 19.7 Å². The van der Waals surface area contributed by atoms with Crippen LogP contribution in [0.3, 0.4) is 0 Å². The Labute approximate surface area is 83.2 Å². The maximum absolute atomic E-state index is 10.9. The lowest BCUT2D eigenvalue weighted by molar-refractivity contribution is 0.146. The van der Waals surface area contributed by atoms with Gasteiger partial charge in [0, 0.05) is 13.1 Å². The zero-order chi connectivity index (χ0) is 10.8. The number of nitrogens with one attached hydrogen (secondary N) is 2. The molecule has 6 heteroatoms. The lowest BCUT2D eigenvalue weighted by Crippen LogP contribution is -2.33. The van der Waals surface area contributed by atoms with Crippen LogP contribution in [-0.4, -0.2) is 31.8 Å². The number of amides is 3. The predicted molar refractivity (Wildman–Crippen MR) is 51.8 cm³/mol. The largest absolute Gasteiger partial charge is 0.450 e. The van der Waals surface area contributed by atoms with Crippen molar-refractivity contribution < 1.29 is 14.3 Å². The molecule has 0 fully saturated rings. The van der Waals surface area contributed by atoms with E-state index in [1.165, 1.54) is 0 Å². The number of carbonyl (C=O) groups excluding carboxylic acids is 2. The summed E-state index contributed by atoms with van der Waals surface area (Å²) in [4.78, 5) is 21.1. The molecule has 0 spiro atoms. The lowest BCUT2D eigenvalue weighted by Gasteiger charge is -2.05. The summed E-state index contributed by atoms with van der Waals surface area (Å²) in [6.07, 6.45) is 1.01. The van der Waals surface area contributed by atoms with Gasteiger partial charge in [0.15, 0.2) is 0 Å². The van der Waals surface area contributed by atoms with Gasteiger partial charge in [0.25, 0.3) is 0 Å². The van der Waals surface area contributed by atoms with Crippen molar-refractivity contribution in [1.82, 2.24) is 10.6 Å². The molecule has 0 aliphatic rings. The van der Waals surface area contributed by atoms with Crippen LogP contribution in [0.4, 0.5) is 9.59 Å². The van der Waals surface area contributed by atoms with Crippen molar-refractivity contribution in [3.63, 3.8) is 0 Å². The molecule has 0 aromatic carbocycles. The molecule has 14 heavy (non-hydrogen) atoms. The number of ether oxygens (including phenoxy) is 1. The summed E-state index contributed by atoms with van der Waals surface area (Å²) < 4.78 is 4.76. The minimum atomic E-state index is -0.557. The third-order valence-electron chi connectivity index (χ3n) is 1.36. The number of carbonyl (C=O) groups is 2. The molecule has 0 aromatic heterocycles. The molecule has 0 aliphatic heterocycles. The normalized spacial score (nSPS) is 9.21. The first kappa shape index (κ1) is 12.5. The molecular weight excluding hydrogens is 186 g/mol. The van der Waals surface area contributed by atoms with Crippen LogP contribution in [0.15, 0.2) is 0 Å². The zero-order valence-corrected chi connectivity index (χ0v) is 8.34. The number of urea groups is 1. The standard InChI is InChI=1S/C8H17N3O3/c1-2-6-14-8(13)11-5-3-4-10-7(9)12/h2-6H2,1H3,(H,11,13)(H3,9,10,12). The first-order chi connectivity index (χ1) is 6.66. The van der Waals surface area contributed by atoms with Crippen molar-refractivity contribution in [1.29, 1.82) is 0 Å². The van der Waals surface area contributed by atoms with Crippen molar-refractivity contribution in [3.05, 3.63) is 0 Å². The Bertz CT molecular complexity index is 185. The smallest absolute Gasteiger partial charge is 0.407 e. The third-order valence-corrected chi connectivity index (χ3v) is 1.36. The van der Waals surface area contributed by atoms with Gasteiger partial charge in [0.05, 0.1) is 6.61 Å². The highest BCUT2D eigenvalue weighted by molar-refractivity contribution is 5.71. The van der Waals surface area contributed by atoms with Crippen LogP contribution in [0.1, 0.15) is 19.8 Å². The summed E-state index contributed by atoms with van der Waals surface area (Å²) in [7, 11) is 0. The monoisotopic (exact) mass is 203 g/mol. The van der Waals surface area contributed by atoms with Gasteiger partial charge in [-0.3, -0.25) is 0 Å². The third kappa shape index (κ3) is 8.63. The topological polar surface area (TPSA) is 93.4 Å². The Balaban J connectivity index is 3.19. The molecule has 82 valence electrons. The minimum absolute atomic E-state index is 0.422. The number of primary amides is 1. The summed E-state index contributed by atoms with van der Waals surface area (Å²) in [5.41, 5.74) is 4.84. The quantitative estimate of drug-likeness (QED) is 0.537. The molecule has 0 atom stereocenters. The Morgan fingerprint density at radius 1 is 1.29 bits per heavy atom. The lowest BCUT2D eigenvalue weighted by atomic mass is 10.4. The van der Waals surface area contributed by atoms with E-state index in [4.69, 9.17) is 10.5 Å². The van der Waals surface area contributed by atoms with Crippen LogP contribution in [-0.2, 0) is 4.74 Å². The second-order valence-electron chi connectivity index (χ2n) is 2.71. The summed E-state index contributed by atoms with van der Waals surface area (Å²) >= 11 is 0. The van der Waals surface area contributed by atoms with Crippen molar-refractivity contribution in [3.8, 4) is 0 Å². The van der Waals surface area contributed by atoms with E-state index in [2.05, 4.69) is 10.6 Å². The van der Waals surface area contributed by atoms with E-state index in [1.807, 2.05) is 6.92 Å². The fourth-order valence-electron chi connectivity index (χ4n) is 0.736. The van der Waals surface area contributed by atoms with Gasteiger partial charge in [0.2, 0.25) is 0 Å². The predicted octanol–water partition coefficient (Wildman–Crippen LogP) is 0.181. The molecule has 0 saturated heterocycles. The Kier molecular flexibility index (Phi) is 7.30. The molecule has 0 rings (SSSR count). The van der Waals surface area contributed by atoms with Crippen molar-refractivity contribution in [2.45, 2.75) is 19.8 Å². The zero-order valence-electron chi connectivity index (χ0n) is 8.34. The molecule has 0 bridgehead atoms. The molecule has 0 unspecified atom stereocenters. The van der Waals surface area contributed by atoms with Gasteiger partial charge in [-0.05, 0) is 12.8 Å². The fourth-order valence-corrected chi connectivity index (χ4v) is 0.736. The molecule has 0 radical (unpaired) electrons. The maximum Gasteiger partial charge on any atom is 0.407 e. The van der Waals surface area contributed by atoms with Gasteiger partial charge in [0.1, 0.15) is 0 Å². The molecule has 0 heterocycles. The first-order valence-corrected chi connectivity index (χ1v) is 4.60. The molecule has 4 N–H and O–H groups in total. The number of hydrogen-bond acceptors (Lipinski definition) is 3. The van der Waals surface area contributed by atoms with Gasteiger partial charge < -0.3 is 21.1 Å². The highest BCUT2D eigenvalue weighted by atomic mass is 16.5. The van der Waals surface area contributed by atoms with Crippen LogP contribution in [0, 0.1) is 0 Å². The Morgan fingerprint density at radius 2 is 1.93 bits per heavy atom. The molecular formula is C8H17N3O3. The SMILES string of the molecule is CCCOC(=O)NCCCNC(N)=O. The van der Waals surface area contributed by atoms with Crippen molar-refractivity contribution in [2.24, 2.45) is 5.73 Å². The van der Waals surface area contributed by atoms with E-state index in [-0.39, 0.29) is 0 Å². The van der Waals surface area contributed by atoms with Gasteiger partial charge >= 0.3 is 12.1 Å². The van der Waals surface area contributed by atoms with Crippen LogP contribution >= 0.6 is 0 Å². The van der Waals surface area contributed by atoms with E-state index >= 15 is 0 Å². The average molecular weight is 203 g/mol. The number of hydrogen-bond donors (Lipinski definition) is 3. The van der Waals surface area contributed by atoms with E-state index in [0.29, 0.717) is 26.1 Å². The molecule has 3 amide bonds. The number of alkyl carbamates (subject to hydrolysis) is 1. The second-order valence-corrected chi connectivity index (χ2v) is 2.71. The summed E-state index contributed by atoms with van der Waals surface area (Å²) in [6.45, 7) is 3.25. The highest BCUT2D eigenvalue weighted by Gasteiger charge is 1.99. The van der Waals surface area contributed by atoms with E-state index in [9.17, 15) is 9.59 Å². The van der Waals surface area contributed by atoms with Crippen LogP contribution < -0.4 is 16.4 Å². The van der Waals surface area contributed by atoms with Crippen LogP contribution in [0.2, 0.25) is 0 Å². The van der Waals surface area contributed by atoms with Gasteiger partial charge in [-0.2, -0.15) is 0 Å². The van der Waals surface area contributed by atoms with Crippen LogP contribution in [0.5, 0.6) is 0 Å². The highest BCUT2D eigenvalue weighted by Crippen LogP contribution is 1.82. The Morgan fingerprint density at radius 3 is 2.50 bits per heavy atom. The van der Waals surface area contributed by atoms with Crippen LogP contribution in [0.25, 0.3) is 0 Å². The van der Waals surface area contributed by atoms with E-state index in [0.717, 1.165) is 6.42 Å². The molecule has 0 aliphatic carbocycles. The van der Waals surface area contributed by atoms with Crippen molar-refractivity contribution >= 4 is 12.1 Å². The number of nitrogens with two attached hydrogens (primary N) is 1. The molecule has 6 nitrogen and oxygen atoms in total. The van der Waals surface area contributed by atoms with Gasteiger partial charge in [-0.15, -0.1) is 0 Å². The second kappa shape index (κ2) is 8.15. The summed E-state index contributed by atoms with van der Waals surface area (Å²) in [5, 5.41) is 4.95. The van der Waals surface area contributed by atoms with Gasteiger partial charge in [-0.1, -0.05) is 6.92 Å². The minimum Gasteiger partial charge on any atom is -0.450 e. The fraction of sp³-hybridized carbons (Fsp3) is 0.750. The Hall–Kier alpha value is -1.46. The van der Waals surface area contributed by atoms with E-state index < -0.39 is 12.1 Å². The number of rotatable bonds is 6. The maximum atomic E-state index is 10.9. The summed E-state index contributed by atoms with van der Waals surface area (Å²) in [5.74, 6) is 0. The molecule has 0 aromatic rings. The summed E-state index contributed by atoms with van der Waals surface area (Å²) in [6, 6.07) is -0.557. The first-order valence-electron chi connectivity index (χ1n) is 4.60. The average Bonchev–Trinajstić information content (AvgIpc) is 2.13.